The number of hydrogen-bond acceptors (Lipinski definition) is 2. The molecule has 3 nitrogen and oxygen atoms in total. The van der Waals surface area contributed by atoms with Gasteiger partial charge in [0.2, 0.25) is 5.91 Å². The Bertz CT molecular complexity index is 279. The number of hydrogen-bond donors (Lipinski definition) is 1. The van der Waals surface area contributed by atoms with Gasteiger partial charge in [0.05, 0.1) is 0 Å². The highest BCUT2D eigenvalue weighted by Crippen LogP contribution is 2.18. The van der Waals surface area contributed by atoms with Gasteiger partial charge in [-0.15, -0.1) is 0 Å². The maximum atomic E-state index is 11.7. The van der Waals surface area contributed by atoms with Gasteiger partial charge in [-0.05, 0) is 19.3 Å². The van der Waals surface area contributed by atoms with Crippen molar-refractivity contribution < 1.29 is 9.59 Å². The van der Waals surface area contributed by atoms with Crippen molar-refractivity contribution in [2.45, 2.75) is 85.5 Å². The highest BCUT2D eigenvalue weighted by Gasteiger charge is 2.20. The average molecular weight is 283 g/mol. The number of rotatable bonds is 11. The second-order valence-corrected chi connectivity index (χ2v) is 6.64. The Morgan fingerprint density at radius 2 is 1.45 bits per heavy atom. The third-order valence-corrected chi connectivity index (χ3v) is 3.50. The van der Waals surface area contributed by atoms with Gasteiger partial charge in [-0.25, -0.2) is 0 Å². The number of carbonyl (C=O) groups is 2. The van der Waals surface area contributed by atoms with E-state index < -0.39 is 0 Å². The Morgan fingerprint density at radius 1 is 0.850 bits per heavy atom. The molecule has 0 saturated heterocycles. The van der Waals surface area contributed by atoms with Crippen LogP contribution in [-0.4, -0.2) is 18.2 Å². The highest BCUT2D eigenvalue weighted by atomic mass is 16.1. The third kappa shape index (κ3) is 11.0. The van der Waals surface area contributed by atoms with Gasteiger partial charge >= 0.3 is 0 Å². The van der Waals surface area contributed by atoms with Crippen molar-refractivity contribution >= 4 is 11.7 Å². The molecule has 0 radical (unpaired) electrons. The SMILES string of the molecule is CCCCCCCNC(=O)CCCCC(=O)C(C)(C)C. The van der Waals surface area contributed by atoms with Gasteiger partial charge in [0, 0.05) is 24.8 Å². The Kier molecular flexibility index (Phi) is 10.4. The van der Waals surface area contributed by atoms with Gasteiger partial charge in [0.25, 0.3) is 0 Å². The molecule has 0 unspecified atom stereocenters. The molecule has 0 aliphatic heterocycles. The summed E-state index contributed by atoms with van der Waals surface area (Å²) in [7, 11) is 0. The monoisotopic (exact) mass is 283 g/mol. The number of nitrogens with one attached hydrogen (secondary N) is 1. The van der Waals surface area contributed by atoms with E-state index in [1.54, 1.807) is 0 Å². The van der Waals surface area contributed by atoms with E-state index >= 15 is 0 Å². The minimum atomic E-state index is -0.249. The molecule has 118 valence electrons. The van der Waals surface area contributed by atoms with Crippen molar-refractivity contribution in [3.63, 3.8) is 0 Å². The Balaban J connectivity index is 3.44. The fourth-order valence-electron chi connectivity index (χ4n) is 1.99. The molecule has 0 aromatic rings. The first-order chi connectivity index (χ1) is 9.38. The summed E-state index contributed by atoms with van der Waals surface area (Å²) in [6.45, 7) is 8.83. The molecule has 0 spiro atoms. The van der Waals surface area contributed by atoms with E-state index in [9.17, 15) is 9.59 Å². The first-order valence-electron chi connectivity index (χ1n) is 8.18. The van der Waals surface area contributed by atoms with E-state index in [1.807, 2.05) is 20.8 Å². The van der Waals surface area contributed by atoms with E-state index in [-0.39, 0.29) is 17.1 Å². The lowest BCUT2D eigenvalue weighted by atomic mass is 9.88. The maximum absolute atomic E-state index is 11.7. The van der Waals surface area contributed by atoms with Crippen molar-refractivity contribution in [2.75, 3.05) is 6.54 Å². The van der Waals surface area contributed by atoms with E-state index in [4.69, 9.17) is 0 Å². The molecule has 20 heavy (non-hydrogen) atoms. The van der Waals surface area contributed by atoms with Crippen LogP contribution >= 0.6 is 0 Å². The van der Waals surface area contributed by atoms with Crippen LogP contribution < -0.4 is 5.32 Å². The van der Waals surface area contributed by atoms with Gasteiger partial charge < -0.3 is 5.32 Å². The first kappa shape index (κ1) is 19.1. The van der Waals surface area contributed by atoms with E-state index in [2.05, 4.69) is 12.2 Å². The van der Waals surface area contributed by atoms with E-state index in [0.29, 0.717) is 12.8 Å². The van der Waals surface area contributed by atoms with Crippen LogP contribution in [0.25, 0.3) is 0 Å². The predicted molar refractivity (Wildman–Crippen MR) is 84.7 cm³/mol. The minimum Gasteiger partial charge on any atom is -0.356 e. The standard InChI is InChI=1S/C17H33NO2/c1-5-6-7-8-11-14-18-16(20)13-10-9-12-15(19)17(2,3)4/h5-14H2,1-4H3,(H,18,20). The van der Waals surface area contributed by atoms with Gasteiger partial charge in [0.1, 0.15) is 5.78 Å². The Labute approximate surface area is 124 Å². The molecule has 0 aromatic heterocycles. The second kappa shape index (κ2) is 10.9. The number of carbonyl (C=O) groups excluding carboxylic acids is 2. The van der Waals surface area contributed by atoms with Gasteiger partial charge in [-0.2, -0.15) is 0 Å². The summed E-state index contributed by atoms with van der Waals surface area (Å²) in [5.74, 6) is 0.414. The van der Waals surface area contributed by atoms with Crippen LogP contribution in [0.1, 0.15) is 85.5 Å². The topological polar surface area (TPSA) is 46.2 Å². The van der Waals surface area contributed by atoms with Crippen LogP contribution in [0.15, 0.2) is 0 Å². The smallest absolute Gasteiger partial charge is 0.219 e. The molecule has 0 atom stereocenters. The molecule has 1 amide bonds. The Hall–Kier alpha value is -0.860. The molecule has 0 bridgehead atoms. The first-order valence-corrected chi connectivity index (χ1v) is 8.18. The third-order valence-electron chi connectivity index (χ3n) is 3.50. The highest BCUT2D eigenvalue weighted by molar-refractivity contribution is 5.83. The molecule has 0 fully saturated rings. The molecular weight excluding hydrogens is 250 g/mol. The van der Waals surface area contributed by atoms with Crippen molar-refractivity contribution in [1.29, 1.82) is 0 Å². The lowest BCUT2D eigenvalue weighted by Crippen LogP contribution is -2.24. The van der Waals surface area contributed by atoms with Crippen LogP contribution in [0.3, 0.4) is 0 Å². The number of Topliss-reactive ketones (excluding diaryl/α,β-unsaturated/α-hetero) is 1. The molecule has 0 aliphatic rings. The average Bonchev–Trinajstić information content (AvgIpc) is 2.37. The van der Waals surface area contributed by atoms with Gasteiger partial charge in [-0.3, -0.25) is 9.59 Å². The van der Waals surface area contributed by atoms with Gasteiger partial charge in [-0.1, -0.05) is 53.4 Å². The van der Waals surface area contributed by atoms with Crippen LogP contribution in [-0.2, 0) is 9.59 Å². The lowest BCUT2D eigenvalue weighted by Gasteiger charge is -2.16. The minimum absolute atomic E-state index is 0.128. The quantitative estimate of drug-likeness (QED) is 0.576. The second-order valence-electron chi connectivity index (χ2n) is 6.64. The maximum Gasteiger partial charge on any atom is 0.219 e. The molecule has 0 heterocycles. The van der Waals surface area contributed by atoms with Gasteiger partial charge in [0.15, 0.2) is 0 Å². The summed E-state index contributed by atoms with van der Waals surface area (Å²) in [4.78, 5) is 23.3. The molecule has 0 aromatic carbocycles. The molecular formula is C17H33NO2. The van der Waals surface area contributed by atoms with Crippen molar-refractivity contribution in [2.24, 2.45) is 5.41 Å². The molecule has 0 saturated carbocycles. The van der Waals surface area contributed by atoms with Crippen molar-refractivity contribution in [3.05, 3.63) is 0 Å². The van der Waals surface area contributed by atoms with E-state index in [1.165, 1.54) is 25.7 Å². The van der Waals surface area contributed by atoms with Crippen LogP contribution in [0.4, 0.5) is 0 Å². The van der Waals surface area contributed by atoms with Crippen LogP contribution in [0, 0.1) is 5.41 Å². The Morgan fingerprint density at radius 3 is 2.05 bits per heavy atom. The summed E-state index contributed by atoms with van der Waals surface area (Å²) < 4.78 is 0. The summed E-state index contributed by atoms with van der Waals surface area (Å²) in [6.07, 6.45) is 8.85. The summed E-state index contributed by atoms with van der Waals surface area (Å²) in [5, 5.41) is 2.95. The number of ketones is 1. The lowest BCUT2D eigenvalue weighted by molar-refractivity contribution is -0.126. The summed E-state index contributed by atoms with van der Waals surface area (Å²) in [5.41, 5.74) is -0.249. The van der Waals surface area contributed by atoms with E-state index in [0.717, 1.165) is 25.8 Å². The summed E-state index contributed by atoms with van der Waals surface area (Å²) >= 11 is 0. The summed E-state index contributed by atoms with van der Waals surface area (Å²) in [6, 6.07) is 0. The fraction of sp³-hybridized carbons (Fsp3) is 0.882. The molecule has 0 rings (SSSR count). The van der Waals surface area contributed by atoms with Crippen LogP contribution in [0.5, 0.6) is 0 Å². The van der Waals surface area contributed by atoms with Crippen LogP contribution in [0.2, 0.25) is 0 Å². The molecule has 0 aliphatic carbocycles. The fourth-order valence-corrected chi connectivity index (χ4v) is 1.99. The zero-order chi connectivity index (χ0) is 15.4. The van der Waals surface area contributed by atoms with Crippen molar-refractivity contribution in [3.8, 4) is 0 Å². The number of amides is 1. The normalized spacial score (nSPS) is 11.4. The van der Waals surface area contributed by atoms with Crippen molar-refractivity contribution in [1.82, 2.24) is 5.32 Å². The zero-order valence-corrected chi connectivity index (χ0v) is 13.9. The number of unbranched alkanes of at least 4 members (excludes halogenated alkanes) is 5. The largest absolute Gasteiger partial charge is 0.356 e. The molecule has 1 N–H and O–H groups in total. The molecule has 3 heteroatoms. The predicted octanol–water partition coefficient (Wildman–Crippen LogP) is 4.25. The zero-order valence-electron chi connectivity index (χ0n) is 13.9.